The van der Waals surface area contributed by atoms with Crippen LogP contribution in [-0.2, 0) is 0 Å². The highest BCUT2D eigenvalue weighted by Gasteiger charge is 2.11. The van der Waals surface area contributed by atoms with Gasteiger partial charge in [-0.15, -0.1) is 0 Å². The van der Waals surface area contributed by atoms with Gasteiger partial charge in [-0.1, -0.05) is 12.2 Å². The zero-order valence-corrected chi connectivity index (χ0v) is 11.1. The number of aromatic hydroxyl groups is 2. The summed E-state index contributed by atoms with van der Waals surface area (Å²) < 4.78 is 0. The monoisotopic (exact) mass is 288 g/mol. The van der Waals surface area contributed by atoms with E-state index in [1.54, 1.807) is 24.3 Å². The summed E-state index contributed by atoms with van der Waals surface area (Å²) in [5.74, 6) is -0.882. The lowest BCUT2D eigenvalue weighted by Crippen LogP contribution is -2.13. The fourth-order valence-electron chi connectivity index (χ4n) is 1.63. The highest BCUT2D eigenvalue weighted by molar-refractivity contribution is 7.80. The Morgan fingerprint density at radius 3 is 2.30 bits per heavy atom. The van der Waals surface area contributed by atoms with Gasteiger partial charge in [0, 0.05) is 17.3 Å². The molecule has 0 atom stereocenters. The number of hydrogen-bond donors (Lipinski definition) is 4. The van der Waals surface area contributed by atoms with Crippen molar-refractivity contribution in [3.05, 3.63) is 53.6 Å². The van der Waals surface area contributed by atoms with Crippen LogP contribution in [0.5, 0.6) is 11.5 Å². The molecule has 0 spiro atoms. The van der Waals surface area contributed by atoms with Crippen molar-refractivity contribution in [2.75, 3.05) is 5.32 Å². The fourth-order valence-corrected chi connectivity index (χ4v) is 1.76. The number of phenols is 2. The Balaban J connectivity index is 2.17. The first-order valence-corrected chi connectivity index (χ1v) is 6.11. The maximum absolute atomic E-state index is 12.0. The molecule has 0 saturated carbocycles. The predicted octanol–water partition coefficient (Wildman–Crippen LogP) is 1.98. The minimum absolute atomic E-state index is 0.0706. The van der Waals surface area contributed by atoms with Crippen molar-refractivity contribution in [2.45, 2.75) is 0 Å². The summed E-state index contributed by atoms with van der Waals surface area (Å²) in [4.78, 5) is 12.2. The van der Waals surface area contributed by atoms with Crippen molar-refractivity contribution in [3.63, 3.8) is 0 Å². The van der Waals surface area contributed by atoms with Crippen LogP contribution in [0.3, 0.4) is 0 Å². The maximum Gasteiger partial charge on any atom is 0.259 e. The van der Waals surface area contributed by atoms with Gasteiger partial charge in [0.15, 0.2) is 0 Å². The van der Waals surface area contributed by atoms with Gasteiger partial charge in [-0.3, -0.25) is 4.79 Å². The number of nitrogens with two attached hydrogens (primary N) is 1. The molecule has 0 saturated heterocycles. The van der Waals surface area contributed by atoms with E-state index in [9.17, 15) is 15.0 Å². The number of phenolic OH excluding ortho intramolecular Hbond substituents is 2. The molecule has 1 amide bonds. The number of rotatable bonds is 3. The predicted molar refractivity (Wildman–Crippen MR) is 80.1 cm³/mol. The smallest absolute Gasteiger partial charge is 0.259 e. The Labute approximate surface area is 120 Å². The summed E-state index contributed by atoms with van der Waals surface area (Å²) >= 11 is 4.83. The Hall–Kier alpha value is -2.60. The normalized spacial score (nSPS) is 10.0. The molecular formula is C14H12N2O3S. The molecule has 2 aromatic rings. The lowest BCUT2D eigenvalue weighted by molar-refractivity contribution is 0.102. The molecule has 20 heavy (non-hydrogen) atoms. The van der Waals surface area contributed by atoms with Crippen LogP contribution in [0.4, 0.5) is 5.69 Å². The first-order chi connectivity index (χ1) is 9.47. The second-order valence-electron chi connectivity index (χ2n) is 4.10. The van der Waals surface area contributed by atoms with Crippen molar-refractivity contribution in [1.29, 1.82) is 0 Å². The number of thiocarbonyl (C=S) groups is 1. The van der Waals surface area contributed by atoms with E-state index in [0.29, 0.717) is 11.3 Å². The summed E-state index contributed by atoms with van der Waals surface area (Å²) in [5, 5.41) is 21.4. The zero-order chi connectivity index (χ0) is 14.7. The van der Waals surface area contributed by atoms with Gasteiger partial charge in [0.05, 0.1) is 5.56 Å². The van der Waals surface area contributed by atoms with E-state index < -0.39 is 5.91 Å². The Morgan fingerprint density at radius 1 is 1.10 bits per heavy atom. The van der Waals surface area contributed by atoms with Crippen LogP contribution >= 0.6 is 12.2 Å². The van der Waals surface area contributed by atoms with E-state index in [-0.39, 0.29) is 22.1 Å². The molecule has 0 aliphatic carbocycles. The summed E-state index contributed by atoms with van der Waals surface area (Å²) in [6.45, 7) is 0. The summed E-state index contributed by atoms with van der Waals surface area (Å²) in [6, 6.07) is 10.5. The number of anilines is 1. The van der Waals surface area contributed by atoms with Gasteiger partial charge in [0.25, 0.3) is 5.91 Å². The molecule has 6 heteroatoms. The minimum atomic E-state index is -0.481. The average molecular weight is 288 g/mol. The van der Waals surface area contributed by atoms with Crippen molar-refractivity contribution in [3.8, 4) is 11.5 Å². The molecule has 2 rings (SSSR count). The van der Waals surface area contributed by atoms with Gasteiger partial charge in [-0.2, -0.15) is 0 Å². The van der Waals surface area contributed by atoms with Gasteiger partial charge in [-0.25, -0.2) is 0 Å². The molecule has 5 nitrogen and oxygen atoms in total. The van der Waals surface area contributed by atoms with Crippen LogP contribution in [0.25, 0.3) is 0 Å². The van der Waals surface area contributed by atoms with Gasteiger partial charge >= 0.3 is 0 Å². The first-order valence-electron chi connectivity index (χ1n) is 5.70. The third kappa shape index (κ3) is 3.04. The molecule has 0 unspecified atom stereocenters. The number of carbonyl (C=O) groups is 1. The van der Waals surface area contributed by atoms with Crippen LogP contribution in [0, 0.1) is 0 Å². The first kappa shape index (κ1) is 13.8. The van der Waals surface area contributed by atoms with Crippen molar-refractivity contribution >= 4 is 28.8 Å². The molecular weight excluding hydrogens is 276 g/mol. The van der Waals surface area contributed by atoms with Crippen LogP contribution in [0.1, 0.15) is 15.9 Å². The third-order valence-corrected chi connectivity index (χ3v) is 2.89. The maximum atomic E-state index is 12.0. The van der Waals surface area contributed by atoms with Gasteiger partial charge in [0.1, 0.15) is 16.5 Å². The molecule has 0 heterocycles. The van der Waals surface area contributed by atoms with Crippen molar-refractivity contribution < 1.29 is 15.0 Å². The van der Waals surface area contributed by atoms with Gasteiger partial charge < -0.3 is 21.3 Å². The summed E-state index contributed by atoms with van der Waals surface area (Å²) in [5.41, 5.74) is 6.79. The van der Waals surface area contributed by atoms with E-state index in [1.165, 1.54) is 12.1 Å². The second kappa shape index (κ2) is 5.58. The molecule has 0 aliphatic heterocycles. The topological polar surface area (TPSA) is 95.6 Å². The Morgan fingerprint density at radius 2 is 1.75 bits per heavy atom. The van der Waals surface area contributed by atoms with E-state index in [4.69, 9.17) is 18.0 Å². The molecule has 102 valence electrons. The highest BCUT2D eigenvalue weighted by atomic mass is 32.1. The SMILES string of the molecule is NC(=S)c1ccc(NC(=O)c2ccc(O)cc2O)cc1. The highest BCUT2D eigenvalue weighted by Crippen LogP contribution is 2.23. The Kier molecular flexibility index (Phi) is 3.86. The van der Waals surface area contributed by atoms with Gasteiger partial charge in [-0.05, 0) is 36.4 Å². The van der Waals surface area contributed by atoms with E-state index in [1.807, 2.05) is 0 Å². The van der Waals surface area contributed by atoms with Crippen molar-refractivity contribution in [2.24, 2.45) is 5.73 Å². The van der Waals surface area contributed by atoms with Crippen LogP contribution in [-0.4, -0.2) is 21.1 Å². The largest absolute Gasteiger partial charge is 0.508 e. The second-order valence-corrected chi connectivity index (χ2v) is 4.54. The Bertz CT molecular complexity index is 669. The summed E-state index contributed by atoms with van der Waals surface area (Å²) in [7, 11) is 0. The molecule has 0 radical (unpaired) electrons. The quantitative estimate of drug-likeness (QED) is 0.648. The molecule has 2 aromatic carbocycles. The molecule has 0 fully saturated rings. The number of benzene rings is 2. The van der Waals surface area contributed by atoms with Crippen LogP contribution in [0.15, 0.2) is 42.5 Å². The fraction of sp³-hybridized carbons (Fsp3) is 0. The van der Waals surface area contributed by atoms with Gasteiger partial charge in [0.2, 0.25) is 0 Å². The number of hydrogen-bond acceptors (Lipinski definition) is 4. The van der Waals surface area contributed by atoms with E-state index in [2.05, 4.69) is 5.32 Å². The zero-order valence-electron chi connectivity index (χ0n) is 10.3. The molecule has 0 aromatic heterocycles. The number of carbonyl (C=O) groups excluding carboxylic acids is 1. The van der Waals surface area contributed by atoms with E-state index >= 15 is 0 Å². The minimum Gasteiger partial charge on any atom is -0.508 e. The third-order valence-electron chi connectivity index (χ3n) is 2.65. The number of amides is 1. The lowest BCUT2D eigenvalue weighted by atomic mass is 10.1. The summed E-state index contributed by atoms with van der Waals surface area (Å²) in [6.07, 6.45) is 0. The average Bonchev–Trinajstić information content (AvgIpc) is 2.39. The molecule has 0 bridgehead atoms. The molecule has 5 N–H and O–H groups in total. The van der Waals surface area contributed by atoms with Crippen LogP contribution < -0.4 is 11.1 Å². The van der Waals surface area contributed by atoms with E-state index in [0.717, 1.165) is 6.07 Å². The van der Waals surface area contributed by atoms with Crippen LogP contribution in [0.2, 0.25) is 0 Å². The van der Waals surface area contributed by atoms with Crippen molar-refractivity contribution in [1.82, 2.24) is 0 Å². The standard InChI is InChI=1S/C14H12N2O3S/c15-13(20)8-1-3-9(4-2-8)16-14(19)11-6-5-10(17)7-12(11)18/h1-7,17-18H,(H2,15,20)(H,16,19). The number of nitrogens with one attached hydrogen (secondary N) is 1. The lowest BCUT2D eigenvalue weighted by Gasteiger charge is -2.07. The molecule has 0 aliphatic rings.